The molecule has 0 atom stereocenters. The number of carbonyl (C=O) groups is 2. The first kappa shape index (κ1) is 18.0. The van der Waals surface area contributed by atoms with Gasteiger partial charge in [-0.25, -0.2) is 9.59 Å². The Morgan fingerprint density at radius 1 is 1.27 bits per heavy atom. The first-order valence-electron chi connectivity index (χ1n) is 7.28. The molecule has 0 radical (unpaired) electrons. The third-order valence-corrected chi connectivity index (χ3v) is 3.08. The second-order valence-corrected chi connectivity index (χ2v) is 5.49. The van der Waals surface area contributed by atoms with Crippen LogP contribution in [-0.4, -0.2) is 48.8 Å². The highest BCUT2D eigenvalue weighted by Gasteiger charge is 2.14. The summed E-state index contributed by atoms with van der Waals surface area (Å²) in [6, 6.07) is 6.31. The van der Waals surface area contributed by atoms with Crippen molar-refractivity contribution in [2.45, 2.75) is 20.4 Å². The molecule has 1 aromatic rings. The summed E-state index contributed by atoms with van der Waals surface area (Å²) in [5.74, 6) is -0.587. The third kappa shape index (κ3) is 6.13. The molecule has 1 rings (SSSR count). The average molecular weight is 308 g/mol. The maximum Gasteiger partial charge on any atom is 0.335 e. The van der Waals surface area contributed by atoms with E-state index in [1.165, 1.54) is 12.1 Å². The normalized spacial score (nSPS) is 10.5. The van der Waals surface area contributed by atoms with E-state index in [0.717, 1.165) is 5.56 Å². The van der Waals surface area contributed by atoms with E-state index in [1.54, 1.807) is 24.1 Å². The summed E-state index contributed by atoms with van der Waals surface area (Å²) in [5.41, 5.74) is 1.09. The Labute approximate surface area is 131 Å². The Morgan fingerprint density at radius 3 is 2.41 bits per heavy atom. The summed E-state index contributed by atoms with van der Waals surface area (Å²) in [5, 5.41) is 11.7. The number of methoxy groups -OCH3 is 1. The fraction of sp³-hybridized carbons (Fsp3) is 0.500. The van der Waals surface area contributed by atoms with Crippen LogP contribution in [0.2, 0.25) is 0 Å². The number of amides is 2. The summed E-state index contributed by atoms with van der Waals surface area (Å²) >= 11 is 0. The van der Waals surface area contributed by atoms with Gasteiger partial charge < -0.3 is 20.1 Å². The van der Waals surface area contributed by atoms with Crippen molar-refractivity contribution in [3.63, 3.8) is 0 Å². The molecule has 0 aliphatic rings. The molecule has 22 heavy (non-hydrogen) atoms. The Kier molecular flexibility index (Phi) is 7.39. The Morgan fingerprint density at radius 2 is 1.91 bits per heavy atom. The number of hydrogen-bond acceptors (Lipinski definition) is 3. The van der Waals surface area contributed by atoms with Crippen LogP contribution in [-0.2, 0) is 11.3 Å². The molecule has 0 saturated carbocycles. The number of hydrogen-bond donors (Lipinski definition) is 2. The SMILES string of the molecule is COCCN(CC(C)C)C(=O)NCc1ccc(C(=O)O)cc1. The molecule has 0 heterocycles. The molecule has 0 bridgehead atoms. The Bertz CT molecular complexity index is 485. The minimum atomic E-state index is -0.960. The quantitative estimate of drug-likeness (QED) is 0.771. The zero-order valence-corrected chi connectivity index (χ0v) is 13.3. The fourth-order valence-electron chi connectivity index (χ4n) is 1.97. The number of nitrogens with zero attached hydrogens (tertiary/aromatic N) is 1. The number of carbonyl (C=O) groups excluding carboxylic acids is 1. The fourth-order valence-corrected chi connectivity index (χ4v) is 1.97. The topological polar surface area (TPSA) is 78.9 Å². The minimum Gasteiger partial charge on any atom is -0.478 e. The molecule has 2 N–H and O–H groups in total. The van der Waals surface area contributed by atoms with Gasteiger partial charge in [0.2, 0.25) is 0 Å². The van der Waals surface area contributed by atoms with Crippen molar-refractivity contribution in [3.05, 3.63) is 35.4 Å². The molecular weight excluding hydrogens is 284 g/mol. The number of urea groups is 1. The van der Waals surface area contributed by atoms with E-state index in [0.29, 0.717) is 32.2 Å². The molecular formula is C16H24N2O4. The van der Waals surface area contributed by atoms with Crippen molar-refractivity contribution < 1.29 is 19.4 Å². The van der Waals surface area contributed by atoms with Gasteiger partial charge in [0, 0.05) is 26.7 Å². The zero-order chi connectivity index (χ0) is 16.5. The van der Waals surface area contributed by atoms with Crippen molar-refractivity contribution in [2.75, 3.05) is 26.8 Å². The van der Waals surface area contributed by atoms with Crippen molar-refractivity contribution in [1.29, 1.82) is 0 Å². The van der Waals surface area contributed by atoms with Crippen LogP contribution in [0.15, 0.2) is 24.3 Å². The lowest BCUT2D eigenvalue weighted by Crippen LogP contribution is -2.43. The van der Waals surface area contributed by atoms with Gasteiger partial charge in [-0.15, -0.1) is 0 Å². The monoisotopic (exact) mass is 308 g/mol. The molecule has 6 nitrogen and oxygen atoms in total. The molecule has 0 aromatic heterocycles. The summed E-state index contributed by atoms with van der Waals surface area (Å²) in [6.45, 7) is 6.16. The van der Waals surface area contributed by atoms with Gasteiger partial charge in [0.15, 0.2) is 0 Å². The van der Waals surface area contributed by atoms with Gasteiger partial charge >= 0.3 is 12.0 Å². The first-order chi connectivity index (χ1) is 10.4. The van der Waals surface area contributed by atoms with Crippen LogP contribution in [0.3, 0.4) is 0 Å². The number of carboxylic acids is 1. The lowest BCUT2D eigenvalue weighted by Gasteiger charge is -2.24. The van der Waals surface area contributed by atoms with Crippen LogP contribution < -0.4 is 5.32 Å². The van der Waals surface area contributed by atoms with E-state index >= 15 is 0 Å². The van der Waals surface area contributed by atoms with Crippen molar-refractivity contribution >= 4 is 12.0 Å². The predicted octanol–water partition coefficient (Wildman–Crippen LogP) is 2.20. The molecule has 122 valence electrons. The maximum absolute atomic E-state index is 12.2. The molecule has 0 aliphatic heterocycles. The van der Waals surface area contributed by atoms with Crippen molar-refractivity contribution in [1.82, 2.24) is 10.2 Å². The lowest BCUT2D eigenvalue weighted by atomic mass is 10.1. The Balaban J connectivity index is 2.55. The molecule has 2 amide bonds. The van der Waals surface area contributed by atoms with Gasteiger partial charge in [0.25, 0.3) is 0 Å². The number of carboxylic acid groups (broad SMARTS) is 1. The zero-order valence-electron chi connectivity index (χ0n) is 13.3. The van der Waals surface area contributed by atoms with E-state index in [2.05, 4.69) is 19.2 Å². The highest BCUT2D eigenvalue weighted by molar-refractivity contribution is 5.87. The molecule has 0 saturated heterocycles. The molecule has 0 unspecified atom stereocenters. The van der Waals surface area contributed by atoms with Crippen LogP contribution >= 0.6 is 0 Å². The van der Waals surface area contributed by atoms with Crippen LogP contribution in [0, 0.1) is 5.92 Å². The second-order valence-electron chi connectivity index (χ2n) is 5.49. The third-order valence-electron chi connectivity index (χ3n) is 3.08. The van der Waals surface area contributed by atoms with Crippen molar-refractivity contribution in [2.24, 2.45) is 5.92 Å². The first-order valence-corrected chi connectivity index (χ1v) is 7.28. The number of benzene rings is 1. The largest absolute Gasteiger partial charge is 0.478 e. The van der Waals surface area contributed by atoms with E-state index in [4.69, 9.17) is 9.84 Å². The van der Waals surface area contributed by atoms with E-state index in [-0.39, 0.29) is 11.6 Å². The van der Waals surface area contributed by atoms with Gasteiger partial charge in [-0.3, -0.25) is 0 Å². The van der Waals surface area contributed by atoms with Crippen LogP contribution in [0.5, 0.6) is 0 Å². The van der Waals surface area contributed by atoms with Crippen molar-refractivity contribution in [3.8, 4) is 0 Å². The predicted molar refractivity (Wildman–Crippen MR) is 83.9 cm³/mol. The second kappa shape index (κ2) is 9.04. The van der Waals surface area contributed by atoms with Gasteiger partial charge in [0.1, 0.15) is 0 Å². The number of aromatic carboxylic acids is 1. The van der Waals surface area contributed by atoms with E-state index < -0.39 is 5.97 Å². The van der Waals surface area contributed by atoms with Gasteiger partial charge in [-0.2, -0.15) is 0 Å². The summed E-state index contributed by atoms with van der Waals surface area (Å²) in [7, 11) is 1.61. The van der Waals surface area contributed by atoms with Crippen LogP contribution in [0.25, 0.3) is 0 Å². The summed E-state index contributed by atoms with van der Waals surface area (Å²) in [4.78, 5) is 24.7. The smallest absolute Gasteiger partial charge is 0.335 e. The maximum atomic E-state index is 12.2. The lowest BCUT2D eigenvalue weighted by molar-refractivity contribution is 0.0697. The standard InChI is InChI=1S/C16H24N2O4/c1-12(2)11-18(8-9-22-3)16(21)17-10-13-4-6-14(7-5-13)15(19)20/h4-7,12H,8-11H2,1-3H3,(H,17,21)(H,19,20). The number of ether oxygens (including phenoxy) is 1. The van der Waals surface area contributed by atoms with Gasteiger partial charge in [-0.1, -0.05) is 26.0 Å². The molecule has 0 spiro atoms. The number of rotatable bonds is 8. The van der Waals surface area contributed by atoms with Gasteiger partial charge in [0.05, 0.1) is 12.2 Å². The Hall–Kier alpha value is -2.08. The molecule has 0 fully saturated rings. The minimum absolute atomic E-state index is 0.145. The summed E-state index contributed by atoms with van der Waals surface area (Å²) < 4.78 is 5.03. The highest BCUT2D eigenvalue weighted by atomic mass is 16.5. The summed E-state index contributed by atoms with van der Waals surface area (Å²) in [6.07, 6.45) is 0. The van der Waals surface area contributed by atoms with Crippen LogP contribution in [0.4, 0.5) is 4.79 Å². The average Bonchev–Trinajstić information content (AvgIpc) is 2.49. The molecule has 6 heteroatoms. The number of nitrogens with one attached hydrogen (secondary N) is 1. The van der Waals surface area contributed by atoms with E-state index in [1.807, 2.05) is 0 Å². The van der Waals surface area contributed by atoms with E-state index in [9.17, 15) is 9.59 Å². The highest BCUT2D eigenvalue weighted by Crippen LogP contribution is 2.05. The molecule has 1 aromatic carbocycles. The van der Waals surface area contributed by atoms with Crippen LogP contribution in [0.1, 0.15) is 29.8 Å². The molecule has 0 aliphatic carbocycles. The van der Waals surface area contributed by atoms with Gasteiger partial charge in [-0.05, 0) is 23.6 Å².